The zero-order valence-corrected chi connectivity index (χ0v) is 11.6. The Hall–Kier alpha value is -1.26. The van der Waals surface area contributed by atoms with E-state index in [1.165, 1.54) is 0 Å². The minimum atomic E-state index is 0.143. The van der Waals surface area contributed by atoms with Crippen molar-refractivity contribution in [2.75, 3.05) is 27.4 Å². The van der Waals surface area contributed by atoms with Gasteiger partial charge in [-0.1, -0.05) is 6.92 Å². The molecule has 2 unspecified atom stereocenters. The van der Waals surface area contributed by atoms with E-state index in [1.807, 2.05) is 25.1 Å². The molecule has 0 aliphatic carbocycles. The van der Waals surface area contributed by atoms with Gasteiger partial charge in [0.05, 0.1) is 14.2 Å². The quantitative estimate of drug-likeness (QED) is 0.780. The maximum absolute atomic E-state index is 9.02. The summed E-state index contributed by atoms with van der Waals surface area (Å²) in [6.45, 7) is 5.02. The summed E-state index contributed by atoms with van der Waals surface area (Å²) in [5.74, 6) is 1.89. The Morgan fingerprint density at radius 1 is 1.22 bits per heavy atom. The van der Waals surface area contributed by atoms with Crippen molar-refractivity contribution in [3.05, 3.63) is 23.8 Å². The van der Waals surface area contributed by atoms with Crippen LogP contribution in [0, 0.1) is 5.92 Å². The summed E-state index contributed by atoms with van der Waals surface area (Å²) in [6.07, 6.45) is 0. The molecule has 0 aliphatic heterocycles. The molecular weight excluding hydrogens is 230 g/mol. The molecule has 1 rings (SSSR count). The second kappa shape index (κ2) is 7.24. The van der Waals surface area contributed by atoms with Crippen molar-refractivity contribution in [3.8, 4) is 11.5 Å². The highest BCUT2D eigenvalue weighted by molar-refractivity contribution is 5.42. The second-order valence-corrected chi connectivity index (χ2v) is 4.53. The third-order valence-corrected chi connectivity index (χ3v) is 2.99. The van der Waals surface area contributed by atoms with E-state index < -0.39 is 0 Å². The molecule has 0 bridgehead atoms. The molecule has 0 fully saturated rings. The first-order valence-corrected chi connectivity index (χ1v) is 6.18. The van der Waals surface area contributed by atoms with Gasteiger partial charge in [-0.25, -0.2) is 0 Å². The first kappa shape index (κ1) is 14.8. The van der Waals surface area contributed by atoms with Gasteiger partial charge in [0.15, 0.2) is 0 Å². The molecule has 102 valence electrons. The van der Waals surface area contributed by atoms with Crippen LogP contribution in [0.25, 0.3) is 0 Å². The van der Waals surface area contributed by atoms with Crippen LogP contribution in [0.1, 0.15) is 25.5 Å². The molecule has 0 aromatic heterocycles. The second-order valence-electron chi connectivity index (χ2n) is 4.53. The van der Waals surface area contributed by atoms with Crippen LogP contribution in [0.3, 0.4) is 0 Å². The number of ether oxygens (including phenoxy) is 2. The minimum absolute atomic E-state index is 0.143. The fraction of sp³-hybridized carbons (Fsp3) is 0.571. The van der Waals surface area contributed by atoms with Gasteiger partial charge < -0.3 is 19.9 Å². The van der Waals surface area contributed by atoms with Crippen LogP contribution in [0.4, 0.5) is 0 Å². The Labute approximate surface area is 109 Å². The van der Waals surface area contributed by atoms with Gasteiger partial charge in [0.2, 0.25) is 0 Å². The number of nitrogens with one attached hydrogen (secondary N) is 1. The van der Waals surface area contributed by atoms with Gasteiger partial charge in [0.25, 0.3) is 0 Å². The van der Waals surface area contributed by atoms with E-state index in [0.717, 1.165) is 23.6 Å². The standard InChI is InChI=1S/C14H23NO3/c1-10(9-16)8-15-11(2)13-7-12(17-3)5-6-14(13)18-4/h5-7,10-11,15-16H,8-9H2,1-4H3. The van der Waals surface area contributed by atoms with Crippen LogP contribution >= 0.6 is 0 Å². The van der Waals surface area contributed by atoms with Gasteiger partial charge >= 0.3 is 0 Å². The highest BCUT2D eigenvalue weighted by Crippen LogP contribution is 2.29. The molecule has 1 aromatic rings. The molecule has 1 aromatic carbocycles. The first-order chi connectivity index (χ1) is 8.62. The molecule has 0 radical (unpaired) electrons. The lowest BCUT2D eigenvalue weighted by Crippen LogP contribution is -2.26. The van der Waals surface area contributed by atoms with Crippen molar-refractivity contribution in [2.24, 2.45) is 5.92 Å². The van der Waals surface area contributed by atoms with Crippen LogP contribution in [-0.2, 0) is 0 Å². The predicted octanol–water partition coefficient (Wildman–Crippen LogP) is 1.98. The number of rotatable bonds is 7. The van der Waals surface area contributed by atoms with Crippen molar-refractivity contribution >= 4 is 0 Å². The molecule has 2 atom stereocenters. The summed E-state index contributed by atoms with van der Waals surface area (Å²) >= 11 is 0. The van der Waals surface area contributed by atoms with E-state index in [0.29, 0.717) is 0 Å². The largest absolute Gasteiger partial charge is 0.497 e. The summed E-state index contributed by atoms with van der Waals surface area (Å²) in [7, 11) is 3.31. The molecule has 4 nitrogen and oxygen atoms in total. The van der Waals surface area contributed by atoms with Crippen LogP contribution in [0.15, 0.2) is 18.2 Å². The number of benzene rings is 1. The maximum Gasteiger partial charge on any atom is 0.123 e. The van der Waals surface area contributed by atoms with Gasteiger partial charge in [0, 0.05) is 24.8 Å². The highest BCUT2D eigenvalue weighted by atomic mass is 16.5. The van der Waals surface area contributed by atoms with E-state index in [2.05, 4.69) is 12.2 Å². The zero-order valence-electron chi connectivity index (χ0n) is 11.6. The van der Waals surface area contributed by atoms with E-state index in [-0.39, 0.29) is 18.6 Å². The van der Waals surface area contributed by atoms with Crippen molar-refractivity contribution in [1.29, 1.82) is 0 Å². The Bertz CT molecular complexity index is 368. The number of methoxy groups -OCH3 is 2. The third-order valence-electron chi connectivity index (χ3n) is 2.99. The predicted molar refractivity (Wildman–Crippen MR) is 72.2 cm³/mol. The summed E-state index contributed by atoms with van der Waals surface area (Å²) in [6, 6.07) is 5.90. The van der Waals surface area contributed by atoms with Gasteiger partial charge in [-0.2, -0.15) is 0 Å². The third kappa shape index (κ3) is 3.89. The molecule has 0 amide bonds. The van der Waals surface area contributed by atoms with Gasteiger partial charge in [-0.05, 0) is 31.0 Å². The number of aliphatic hydroxyl groups excluding tert-OH is 1. The molecule has 18 heavy (non-hydrogen) atoms. The van der Waals surface area contributed by atoms with Gasteiger partial charge in [-0.3, -0.25) is 0 Å². The van der Waals surface area contributed by atoms with Gasteiger partial charge in [0.1, 0.15) is 11.5 Å². The molecule has 0 heterocycles. The first-order valence-electron chi connectivity index (χ1n) is 6.18. The van der Waals surface area contributed by atoms with Crippen molar-refractivity contribution in [3.63, 3.8) is 0 Å². The molecule has 2 N–H and O–H groups in total. The summed E-state index contributed by atoms with van der Waals surface area (Å²) < 4.78 is 10.6. The van der Waals surface area contributed by atoms with E-state index in [4.69, 9.17) is 14.6 Å². The number of hydrogen-bond acceptors (Lipinski definition) is 4. The molecule has 4 heteroatoms. The zero-order chi connectivity index (χ0) is 13.5. The van der Waals surface area contributed by atoms with E-state index >= 15 is 0 Å². The lowest BCUT2D eigenvalue weighted by Gasteiger charge is -2.19. The van der Waals surface area contributed by atoms with Crippen LogP contribution in [0.2, 0.25) is 0 Å². The Morgan fingerprint density at radius 3 is 2.50 bits per heavy atom. The Kier molecular flexibility index (Phi) is 5.95. The average Bonchev–Trinajstić information content (AvgIpc) is 2.43. The molecule has 0 saturated carbocycles. The SMILES string of the molecule is COc1ccc(OC)c(C(C)NCC(C)CO)c1. The van der Waals surface area contributed by atoms with Gasteiger partial charge in [-0.15, -0.1) is 0 Å². The average molecular weight is 253 g/mol. The molecule has 0 spiro atoms. The maximum atomic E-state index is 9.02. The lowest BCUT2D eigenvalue weighted by molar-refractivity contribution is 0.230. The Balaban J connectivity index is 2.78. The number of aliphatic hydroxyl groups is 1. The number of hydrogen-bond donors (Lipinski definition) is 2. The summed E-state index contributed by atoms with van der Waals surface area (Å²) in [4.78, 5) is 0. The highest BCUT2D eigenvalue weighted by Gasteiger charge is 2.13. The van der Waals surface area contributed by atoms with Crippen LogP contribution in [-0.4, -0.2) is 32.5 Å². The monoisotopic (exact) mass is 253 g/mol. The summed E-state index contributed by atoms with van der Waals surface area (Å²) in [5.41, 5.74) is 1.06. The van der Waals surface area contributed by atoms with E-state index in [9.17, 15) is 0 Å². The van der Waals surface area contributed by atoms with Crippen LogP contribution < -0.4 is 14.8 Å². The smallest absolute Gasteiger partial charge is 0.123 e. The van der Waals surface area contributed by atoms with Crippen molar-refractivity contribution in [2.45, 2.75) is 19.9 Å². The molecular formula is C14H23NO3. The minimum Gasteiger partial charge on any atom is -0.497 e. The van der Waals surface area contributed by atoms with Crippen molar-refractivity contribution in [1.82, 2.24) is 5.32 Å². The normalized spacial score (nSPS) is 14.1. The fourth-order valence-corrected chi connectivity index (χ4v) is 1.73. The van der Waals surface area contributed by atoms with Crippen LogP contribution in [0.5, 0.6) is 11.5 Å². The lowest BCUT2D eigenvalue weighted by atomic mass is 10.1. The fourth-order valence-electron chi connectivity index (χ4n) is 1.73. The molecule has 0 saturated heterocycles. The topological polar surface area (TPSA) is 50.7 Å². The van der Waals surface area contributed by atoms with Crippen molar-refractivity contribution < 1.29 is 14.6 Å². The van der Waals surface area contributed by atoms with E-state index in [1.54, 1.807) is 14.2 Å². The Morgan fingerprint density at radius 2 is 1.94 bits per heavy atom. The molecule has 0 aliphatic rings. The summed E-state index contributed by atoms with van der Waals surface area (Å²) in [5, 5.41) is 12.4.